The molecule has 1 aromatic carbocycles. The van der Waals surface area contributed by atoms with Gasteiger partial charge in [0.1, 0.15) is 17.0 Å². The van der Waals surface area contributed by atoms with Crippen molar-refractivity contribution in [1.82, 2.24) is 14.3 Å². The second kappa shape index (κ2) is 6.71. The summed E-state index contributed by atoms with van der Waals surface area (Å²) in [6.07, 6.45) is 5.51. The zero-order chi connectivity index (χ0) is 18.1. The van der Waals surface area contributed by atoms with Gasteiger partial charge in [0.25, 0.3) is 11.5 Å². The van der Waals surface area contributed by atoms with Crippen molar-refractivity contribution < 1.29 is 9.18 Å². The van der Waals surface area contributed by atoms with Crippen LogP contribution in [0.15, 0.2) is 59.7 Å². The van der Waals surface area contributed by atoms with Crippen LogP contribution in [0.3, 0.4) is 0 Å². The Morgan fingerprint density at radius 3 is 2.88 bits per heavy atom. The smallest absolute Gasteiger partial charge is 0.270 e. The molecule has 26 heavy (non-hydrogen) atoms. The molecule has 0 bridgehead atoms. The Hall–Kier alpha value is -3.02. The lowest BCUT2D eigenvalue weighted by Gasteiger charge is -2.36. The van der Waals surface area contributed by atoms with Crippen LogP contribution in [-0.4, -0.2) is 26.7 Å². The number of aromatic nitrogens is 2. The first-order valence-corrected chi connectivity index (χ1v) is 8.68. The Morgan fingerprint density at radius 1 is 1.15 bits per heavy atom. The maximum atomic E-state index is 13.6. The van der Waals surface area contributed by atoms with Gasteiger partial charge in [0, 0.05) is 18.9 Å². The normalized spacial score (nSPS) is 17.4. The Labute approximate surface area is 149 Å². The van der Waals surface area contributed by atoms with E-state index in [9.17, 15) is 14.0 Å². The molecule has 0 aliphatic carbocycles. The van der Waals surface area contributed by atoms with E-state index in [1.165, 1.54) is 22.7 Å². The second-order valence-corrected chi connectivity index (χ2v) is 6.47. The zero-order valence-corrected chi connectivity index (χ0v) is 14.1. The summed E-state index contributed by atoms with van der Waals surface area (Å²) >= 11 is 0. The maximum Gasteiger partial charge on any atom is 0.270 e. The predicted octanol–water partition coefficient (Wildman–Crippen LogP) is 3.20. The van der Waals surface area contributed by atoms with E-state index in [1.807, 2.05) is 6.07 Å². The summed E-state index contributed by atoms with van der Waals surface area (Å²) in [5, 5.41) is 0. The number of amides is 1. The van der Waals surface area contributed by atoms with Gasteiger partial charge in [-0.05, 0) is 49.1 Å². The van der Waals surface area contributed by atoms with Crippen molar-refractivity contribution >= 4 is 11.6 Å². The number of rotatable bonds is 2. The van der Waals surface area contributed by atoms with Crippen molar-refractivity contribution in [2.45, 2.75) is 25.3 Å². The number of fused-ring (bicyclic) bond motifs is 1. The first-order valence-electron chi connectivity index (χ1n) is 8.68. The minimum absolute atomic E-state index is 0.0389. The number of pyridine rings is 1. The van der Waals surface area contributed by atoms with Crippen LogP contribution in [0.4, 0.5) is 4.39 Å². The van der Waals surface area contributed by atoms with Crippen LogP contribution < -0.4 is 5.56 Å². The molecule has 4 rings (SSSR count). The van der Waals surface area contributed by atoms with Crippen molar-refractivity contribution in [3.05, 3.63) is 82.2 Å². The third kappa shape index (κ3) is 2.87. The largest absolute Gasteiger partial charge is 0.331 e. The van der Waals surface area contributed by atoms with Crippen molar-refractivity contribution in [2.24, 2.45) is 0 Å². The highest BCUT2D eigenvalue weighted by Gasteiger charge is 2.30. The number of hydrogen-bond donors (Lipinski definition) is 0. The molecular weight excluding hydrogens is 333 g/mol. The summed E-state index contributed by atoms with van der Waals surface area (Å²) in [4.78, 5) is 31.7. The molecule has 1 saturated heterocycles. The summed E-state index contributed by atoms with van der Waals surface area (Å²) in [5.41, 5.74) is 0.905. The molecule has 1 atom stereocenters. The molecule has 2 aromatic heterocycles. The highest BCUT2D eigenvalue weighted by molar-refractivity contribution is 5.94. The summed E-state index contributed by atoms with van der Waals surface area (Å²) in [6, 6.07) is 11.3. The number of halogens is 1. The Balaban J connectivity index is 1.74. The monoisotopic (exact) mass is 351 g/mol. The van der Waals surface area contributed by atoms with Crippen molar-refractivity contribution in [2.75, 3.05) is 6.54 Å². The summed E-state index contributed by atoms with van der Waals surface area (Å²) in [5.74, 6) is -0.678. The van der Waals surface area contributed by atoms with Crippen molar-refractivity contribution in [3.8, 4) is 0 Å². The molecule has 0 unspecified atom stereocenters. The molecule has 1 fully saturated rings. The standard InChI is InChI=1S/C20H18FN3O2/c21-15-7-5-6-14(12-15)17-8-1-3-10-23(17)19(25)16-13-22-18-9-2-4-11-24(18)20(16)26/h2,4-7,9,11-13,17H,1,3,8,10H2/t17-/m0/s1. The van der Waals surface area contributed by atoms with Gasteiger partial charge in [-0.15, -0.1) is 0 Å². The van der Waals surface area contributed by atoms with E-state index in [0.29, 0.717) is 12.2 Å². The molecule has 3 aromatic rings. The van der Waals surface area contributed by atoms with Crippen molar-refractivity contribution in [3.63, 3.8) is 0 Å². The molecule has 5 nitrogen and oxygen atoms in total. The number of benzene rings is 1. The molecule has 1 aliphatic rings. The maximum absolute atomic E-state index is 13.6. The van der Waals surface area contributed by atoms with E-state index in [4.69, 9.17) is 0 Å². The minimum atomic E-state index is -0.385. The van der Waals surface area contributed by atoms with Gasteiger partial charge in [-0.2, -0.15) is 0 Å². The molecule has 0 saturated carbocycles. The molecule has 132 valence electrons. The predicted molar refractivity (Wildman–Crippen MR) is 95.5 cm³/mol. The number of carbonyl (C=O) groups excluding carboxylic acids is 1. The summed E-state index contributed by atoms with van der Waals surface area (Å²) < 4.78 is 15.0. The van der Waals surface area contributed by atoms with Gasteiger partial charge in [0.05, 0.1) is 6.04 Å². The van der Waals surface area contributed by atoms with Gasteiger partial charge in [-0.1, -0.05) is 18.2 Å². The Bertz CT molecular complexity index is 1030. The van der Waals surface area contributed by atoms with E-state index in [0.717, 1.165) is 24.8 Å². The SMILES string of the molecule is O=C(c1cnc2ccccn2c1=O)N1CCCC[C@H]1c1cccc(F)c1. The van der Waals surface area contributed by atoms with E-state index in [-0.39, 0.29) is 28.9 Å². The van der Waals surface area contributed by atoms with Crippen LogP contribution in [0.5, 0.6) is 0 Å². The third-order valence-corrected chi connectivity index (χ3v) is 4.84. The Morgan fingerprint density at radius 2 is 2.04 bits per heavy atom. The molecule has 0 N–H and O–H groups in total. The van der Waals surface area contributed by atoms with Crippen LogP contribution >= 0.6 is 0 Å². The summed E-state index contributed by atoms with van der Waals surface area (Å²) in [6.45, 7) is 0.539. The molecule has 0 spiro atoms. The number of nitrogens with zero attached hydrogens (tertiary/aromatic N) is 3. The van der Waals surface area contributed by atoms with E-state index < -0.39 is 0 Å². The minimum Gasteiger partial charge on any atom is -0.331 e. The molecule has 0 radical (unpaired) electrons. The van der Waals surface area contributed by atoms with E-state index in [1.54, 1.807) is 35.4 Å². The molecular formula is C20H18FN3O2. The highest BCUT2D eigenvalue weighted by Crippen LogP contribution is 2.32. The fourth-order valence-corrected chi connectivity index (χ4v) is 3.56. The first-order chi connectivity index (χ1) is 12.6. The van der Waals surface area contributed by atoms with Crippen LogP contribution in [-0.2, 0) is 0 Å². The van der Waals surface area contributed by atoms with Gasteiger partial charge in [0.2, 0.25) is 0 Å². The van der Waals surface area contributed by atoms with Crippen LogP contribution in [0, 0.1) is 5.82 Å². The number of likely N-dealkylation sites (tertiary alicyclic amines) is 1. The van der Waals surface area contributed by atoms with E-state index in [2.05, 4.69) is 4.98 Å². The van der Waals surface area contributed by atoms with Gasteiger partial charge >= 0.3 is 0 Å². The quantitative estimate of drug-likeness (QED) is 0.712. The number of piperidine rings is 1. The zero-order valence-electron chi connectivity index (χ0n) is 14.1. The first kappa shape index (κ1) is 16.4. The summed E-state index contributed by atoms with van der Waals surface area (Å²) in [7, 11) is 0. The molecule has 3 heterocycles. The van der Waals surface area contributed by atoms with Gasteiger partial charge in [0.15, 0.2) is 0 Å². The molecule has 1 amide bonds. The third-order valence-electron chi connectivity index (χ3n) is 4.84. The van der Waals surface area contributed by atoms with Crippen LogP contribution in [0.2, 0.25) is 0 Å². The highest BCUT2D eigenvalue weighted by atomic mass is 19.1. The number of carbonyl (C=O) groups is 1. The Kier molecular flexibility index (Phi) is 4.24. The lowest BCUT2D eigenvalue weighted by molar-refractivity contribution is 0.0608. The number of hydrogen-bond acceptors (Lipinski definition) is 3. The second-order valence-electron chi connectivity index (χ2n) is 6.47. The van der Waals surface area contributed by atoms with Crippen molar-refractivity contribution in [1.29, 1.82) is 0 Å². The molecule has 6 heteroatoms. The lowest BCUT2D eigenvalue weighted by Crippen LogP contribution is -2.41. The fourth-order valence-electron chi connectivity index (χ4n) is 3.56. The topological polar surface area (TPSA) is 54.7 Å². The van der Waals surface area contributed by atoms with Crippen LogP contribution in [0.1, 0.15) is 41.2 Å². The molecule has 1 aliphatic heterocycles. The van der Waals surface area contributed by atoms with Gasteiger partial charge in [-0.3, -0.25) is 14.0 Å². The van der Waals surface area contributed by atoms with Gasteiger partial charge < -0.3 is 4.90 Å². The van der Waals surface area contributed by atoms with E-state index >= 15 is 0 Å². The lowest BCUT2D eigenvalue weighted by atomic mass is 9.94. The van der Waals surface area contributed by atoms with Crippen LogP contribution in [0.25, 0.3) is 5.65 Å². The average molecular weight is 351 g/mol. The average Bonchev–Trinajstić information content (AvgIpc) is 2.68. The fraction of sp³-hybridized carbons (Fsp3) is 0.250. The van der Waals surface area contributed by atoms with Gasteiger partial charge in [-0.25, -0.2) is 9.37 Å².